The predicted octanol–water partition coefficient (Wildman–Crippen LogP) is 4.24. The number of H-pyrrole nitrogens is 1. The maximum absolute atomic E-state index is 14.1. The van der Waals surface area contributed by atoms with Crippen LogP contribution in [0.1, 0.15) is 16.8 Å². The van der Waals surface area contributed by atoms with Crippen LogP contribution in [0.25, 0.3) is 10.9 Å². The molecule has 0 fully saturated rings. The number of aromatic nitrogens is 1. The van der Waals surface area contributed by atoms with E-state index in [1.807, 2.05) is 65.6 Å². The third kappa shape index (κ3) is 2.13. The molecule has 0 bridgehead atoms. The van der Waals surface area contributed by atoms with Crippen molar-refractivity contribution >= 4 is 28.2 Å². The van der Waals surface area contributed by atoms with Gasteiger partial charge >= 0.3 is 0 Å². The average Bonchev–Trinajstić information content (AvgIpc) is 3.29. The second-order valence-corrected chi connectivity index (χ2v) is 7.81. The normalized spacial score (nSPS) is 19.9. The number of methoxy groups -OCH3 is 1. The van der Waals surface area contributed by atoms with Crippen LogP contribution in [0.3, 0.4) is 0 Å². The van der Waals surface area contributed by atoms with Gasteiger partial charge in [-0.05, 0) is 48.4 Å². The first-order valence-electron chi connectivity index (χ1n) is 10.2. The molecule has 4 aromatic rings. The Kier molecular flexibility index (Phi) is 3.58. The monoisotopic (exact) mass is 395 g/mol. The van der Waals surface area contributed by atoms with Gasteiger partial charge in [-0.3, -0.25) is 15.0 Å². The third-order valence-electron chi connectivity index (χ3n) is 6.34. The lowest BCUT2D eigenvalue weighted by molar-refractivity contribution is -0.122. The predicted molar refractivity (Wildman–Crippen MR) is 117 cm³/mol. The fourth-order valence-corrected chi connectivity index (χ4v) is 5.02. The number of rotatable bonds is 2. The summed E-state index contributed by atoms with van der Waals surface area (Å²) in [4.78, 5) is 19.5. The van der Waals surface area contributed by atoms with E-state index in [1.54, 1.807) is 7.11 Å². The first-order chi connectivity index (χ1) is 14.7. The van der Waals surface area contributed by atoms with Crippen LogP contribution in [0.4, 0.5) is 11.4 Å². The molecule has 6 rings (SSSR count). The third-order valence-corrected chi connectivity index (χ3v) is 6.34. The minimum Gasteiger partial charge on any atom is -0.497 e. The number of nitrogens with zero attached hydrogens (tertiary/aromatic N) is 1. The second-order valence-electron chi connectivity index (χ2n) is 7.81. The van der Waals surface area contributed by atoms with E-state index in [0.717, 1.165) is 52.3 Å². The molecule has 3 heterocycles. The number of ether oxygens (including phenoxy) is 1. The summed E-state index contributed by atoms with van der Waals surface area (Å²) in [6, 6.07) is 24.0. The molecule has 5 heteroatoms. The zero-order valence-electron chi connectivity index (χ0n) is 16.6. The van der Waals surface area contributed by atoms with Crippen LogP contribution in [0, 0.1) is 0 Å². The average molecular weight is 395 g/mol. The van der Waals surface area contributed by atoms with Crippen molar-refractivity contribution < 1.29 is 9.53 Å². The molecule has 5 nitrogen and oxygen atoms in total. The Morgan fingerprint density at radius 1 is 1.00 bits per heavy atom. The number of para-hydroxylation sites is 2. The highest BCUT2D eigenvalue weighted by atomic mass is 16.5. The molecule has 0 unspecified atom stereocenters. The molecule has 0 saturated carbocycles. The summed E-state index contributed by atoms with van der Waals surface area (Å²) in [7, 11) is 1.68. The fraction of sp³-hybridized carbons (Fsp3) is 0.160. The van der Waals surface area contributed by atoms with Crippen LogP contribution in [0.2, 0.25) is 0 Å². The van der Waals surface area contributed by atoms with Crippen LogP contribution in [0.5, 0.6) is 5.75 Å². The minimum absolute atomic E-state index is 0.0226. The van der Waals surface area contributed by atoms with E-state index in [4.69, 9.17) is 4.74 Å². The van der Waals surface area contributed by atoms with E-state index in [-0.39, 0.29) is 5.91 Å². The molecule has 1 atom stereocenters. The zero-order chi connectivity index (χ0) is 20.3. The number of nitrogens with one attached hydrogen (secondary N) is 2. The topological polar surface area (TPSA) is 57.4 Å². The van der Waals surface area contributed by atoms with Crippen LogP contribution in [0.15, 0.2) is 72.8 Å². The van der Waals surface area contributed by atoms with Crippen molar-refractivity contribution in [2.45, 2.75) is 12.0 Å². The van der Waals surface area contributed by atoms with Gasteiger partial charge in [0.2, 0.25) is 0 Å². The highest BCUT2D eigenvalue weighted by Gasteiger charge is 2.55. The Bertz CT molecular complexity index is 1290. The summed E-state index contributed by atoms with van der Waals surface area (Å²) in [5.41, 5.74) is 5.00. The van der Waals surface area contributed by atoms with Crippen molar-refractivity contribution in [3.05, 3.63) is 89.6 Å². The molecule has 1 aromatic heterocycles. The van der Waals surface area contributed by atoms with Crippen molar-refractivity contribution in [3.63, 3.8) is 0 Å². The molecule has 0 radical (unpaired) electrons. The van der Waals surface area contributed by atoms with Crippen LogP contribution in [-0.4, -0.2) is 24.5 Å². The van der Waals surface area contributed by atoms with Crippen molar-refractivity contribution in [2.24, 2.45) is 0 Å². The summed E-state index contributed by atoms with van der Waals surface area (Å²) in [5, 5.41) is 4.71. The van der Waals surface area contributed by atoms with E-state index in [0.29, 0.717) is 0 Å². The van der Waals surface area contributed by atoms with Gasteiger partial charge in [0.25, 0.3) is 5.91 Å². The molecule has 0 aliphatic carbocycles. The molecule has 2 aliphatic heterocycles. The van der Waals surface area contributed by atoms with Gasteiger partial charge in [-0.1, -0.05) is 36.4 Å². The highest BCUT2D eigenvalue weighted by molar-refractivity contribution is 6.15. The number of hydrogen-bond acceptors (Lipinski definition) is 3. The SMILES string of the molecule is COc1ccc2[nH]c3c(c2c1)CCN[C@]31C(=O)N(c2ccccc2)c2ccccc21. The quantitative estimate of drug-likeness (QED) is 0.534. The number of carbonyl (C=O) groups is 1. The standard InChI is InChI=1S/C25H21N3O2/c1-30-17-11-12-21-19(15-17)18-13-14-26-25(23(18)27-21)20-9-5-6-10-22(20)28(24(25)29)16-7-3-2-4-8-16/h2-12,15,26-27H,13-14H2,1H3/t25-/m0/s1. The molecule has 0 saturated heterocycles. The Hall–Kier alpha value is -3.57. The molecular weight excluding hydrogens is 374 g/mol. The number of hydrogen-bond donors (Lipinski definition) is 2. The second kappa shape index (κ2) is 6.21. The van der Waals surface area contributed by atoms with Crippen molar-refractivity contribution in [1.29, 1.82) is 0 Å². The van der Waals surface area contributed by atoms with Crippen LogP contribution >= 0.6 is 0 Å². The van der Waals surface area contributed by atoms with E-state index < -0.39 is 5.54 Å². The molecule has 148 valence electrons. The van der Waals surface area contributed by atoms with Crippen molar-refractivity contribution in [3.8, 4) is 5.75 Å². The summed E-state index contributed by atoms with van der Waals surface area (Å²) in [6.45, 7) is 0.722. The van der Waals surface area contributed by atoms with Crippen LogP contribution < -0.4 is 15.0 Å². The van der Waals surface area contributed by atoms with E-state index >= 15 is 0 Å². The first-order valence-corrected chi connectivity index (χ1v) is 10.2. The van der Waals surface area contributed by atoms with Crippen molar-refractivity contribution in [2.75, 3.05) is 18.6 Å². The smallest absolute Gasteiger partial charge is 0.262 e. The Morgan fingerprint density at radius 2 is 1.80 bits per heavy atom. The Labute approximate surface area is 174 Å². The number of carbonyl (C=O) groups excluding carboxylic acids is 1. The Balaban J connectivity index is 1.63. The fourth-order valence-electron chi connectivity index (χ4n) is 5.02. The van der Waals surface area contributed by atoms with E-state index in [9.17, 15) is 4.79 Å². The summed E-state index contributed by atoms with van der Waals surface area (Å²) in [6.07, 6.45) is 0.852. The van der Waals surface area contributed by atoms with Crippen LogP contribution in [-0.2, 0) is 16.8 Å². The summed E-state index contributed by atoms with van der Waals surface area (Å²) < 4.78 is 5.45. The van der Waals surface area contributed by atoms with Gasteiger partial charge in [0.05, 0.1) is 18.5 Å². The summed E-state index contributed by atoms with van der Waals surface area (Å²) >= 11 is 0. The maximum atomic E-state index is 14.1. The van der Waals surface area contributed by atoms with Gasteiger partial charge in [-0.2, -0.15) is 0 Å². The molecule has 2 aliphatic rings. The van der Waals surface area contributed by atoms with Gasteiger partial charge in [-0.15, -0.1) is 0 Å². The Morgan fingerprint density at radius 3 is 2.63 bits per heavy atom. The first kappa shape index (κ1) is 17.3. The lowest BCUT2D eigenvalue weighted by Gasteiger charge is -2.34. The minimum atomic E-state index is -0.924. The van der Waals surface area contributed by atoms with Gasteiger partial charge in [0, 0.05) is 28.7 Å². The number of fused-ring (bicyclic) bond motifs is 6. The molecule has 3 aromatic carbocycles. The van der Waals surface area contributed by atoms with Gasteiger partial charge < -0.3 is 9.72 Å². The van der Waals surface area contributed by atoms with E-state index in [2.05, 4.69) is 22.4 Å². The lowest BCUT2D eigenvalue weighted by Crippen LogP contribution is -2.54. The van der Waals surface area contributed by atoms with Crippen molar-refractivity contribution in [1.82, 2.24) is 10.3 Å². The number of anilines is 2. The molecular formula is C25H21N3O2. The lowest BCUT2D eigenvalue weighted by atomic mass is 9.82. The molecule has 1 amide bonds. The van der Waals surface area contributed by atoms with Gasteiger partial charge in [0.15, 0.2) is 5.54 Å². The zero-order valence-corrected chi connectivity index (χ0v) is 16.6. The molecule has 1 spiro atoms. The number of amides is 1. The number of aromatic amines is 1. The molecule has 2 N–H and O–H groups in total. The van der Waals surface area contributed by atoms with Gasteiger partial charge in [0.1, 0.15) is 5.75 Å². The highest BCUT2D eigenvalue weighted by Crippen LogP contribution is 2.50. The molecule has 30 heavy (non-hydrogen) atoms. The van der Waals surface area contributed by atoms with E-state index in [1.165, 1.54) is 5.56 Å². The number of benzene rings is 3. The summed E-state index contributed by atoms with van der Waals surface area (Å²) in [5.74, 6) is 0.843. The maximum Gasteiger partial charge on any atom is 0.262 e. The largest absolute Gasteiger partial charge is 0.497 e. The van der Waals surface area contributed by atoms with Gasteiger partial charge in [-0.25, -0.2) is 0 Å².